The number of benzene rings is 2. The molecule has 0 atom stereocenters. The van der Waals surface area contributed by atoms with Crippen LogP contribution in [0.25, 0.3) is 10.8 Å². The van der Waals surface area contributed by atoms with Crippen molar-refractivity contribution in [3.63, 3.8) is 0 Å². The number of halogens is 2. The second-order valence-corrected chi connectivity index (χ2v) is 8.62. The summed E-state index contributed by atoms with van der Waals surface area (Å²) in [6.07, 6.45) is 2.13. The molecule has 0 spiro atoms. The summed E-state index contributed by atoms with van der Waals surface area (Å²) in [5.41, 5.74) is 2.09. The highest BCUT2D eigenvalue weighted by Crippen LogP contribution is 2.34. The van der Waals surface area contributed by atoms with Crippen LogP contribution in [0.4, 0.5) is 5.82 Å². The predicted molar refractivity (Wildman–Crippen MR) is 141 cm³/mol. The monoisotopic (exact) mass is 522 g/mol. The number of anilines is 1. The maximum absolute atomic E-state index is 5.52. The summed E-state index contributed by atoms with van der Waals surface area (Å²) < 4.78 is 21.8. The third-order valence-electron chi connectivity index (χ3n) is 6.61. The van der Waals surface area contributed by atoms with Crippen molar-refractivity contribution in [1.82, 2.24) is 15.1 Å². The highest BCUT2D eigenvalue weighted by molar-refractivity contribution is 5.94. The Kier molecular flexibility index (Phi) is 9.24. The first kappa shape index (κ1) is 27.1. The number of piperidine rings is 1. The molecule has 1 saturated heterocycles. The third-order valence-corrected chi connectivity index (χ3v) is 6.61. The molecule has 0 N–H and O–H groups in total. The topological polar surface area (TPSA) is 69.2 Å². The molecule has 0 radical (unpaired) electrons. The molecule has 2 aliphatic rings. The van der Waals surface area contributed by atoms with Crippen molar-refractivity contribution in [1.29, 1.82) is 0 Å². The molecule has 2 aromatic carbocycles. The van der Waals surface area contributed by atoms with E-state index in [0.717, 1.165) is 72.0 Å². The third kappa shape index (κ3) is 5.67. The minimum atomic E-state index is 0. The Morgan fingerprint density at radius 1 is 0.971 bits per heavy atom. The molecule has 0 amide bonds. The molecule has 8 nitrogen and oxygen atoms in total. The molecular weight excluding hydrogens is 491 g/mol. The van der Waals surface area contributed by atoms with Gasteiger partial charge in [0, 0.05) is 50.6 Å². The van der Waals surface area contributed by atoms with Crippen LogP contribution in [0.1, 0.15) is 24.1 Å². The Balaban J connectivity index is 0.00000171. The first-order valence-electron chi connectivity index (χ1n) is 11.3. The van der Waals surface area contributed by atoms with Crippen LogP contribution in [-0.4, -0.2) is 62.3 Å². The van der Waals surface area contributed by atoms with Crippen LogP contribution in [0, 0.1) is 0 Å². The van der Waals surface area contributed by atoms with Crippen molar-refractivity contribution in [2.75, 3.05) is 46.0 Å². The van der Waals surface area contributed by atoms with Crippen molar-refractivity contribution in [2.24, 2.45) is 0 Å². The minimum absolute atomic E-state index is 0. The average molecular weight is 523 g/mol. The van der Waals surface area contributed by atoms with Gasteiger partial charge in [0.1, 0.15) is 5.75 Å². The van der Waals surface area contributed by atoms with Crippen LogP contribution < -0.4 is 19.1 Å². The summed E-state index contributed by atoms with van der Waals surface area (Å²) in [7, 11) is 5.48. The average Bonchev–Trinajstić information content (AvgIpc) is 3.32. The molecular formula is C25H32Cl2N4O4. The number of hydrogen-bond acceptors (Lipinski definition) is 8. The van der Waals surface area contributed by atoms with Crippen LogP contribution in [0.3, 0.4) is 0 Å². The Hall–Kier alpha value is -2.52. The molecule has 190 valence electrons. The molecule has 10 heteroatoms. The number of methoxy groups -OCH3 is 2. The van der Waals surface area contributed by atoms with Crippen molar-refractivity contribution in [2.45, 2.75) is 32.0 Å². The van der Waals surface area contributed by atoms with Gasteiger partial charge in [0.15, 0.2) is 17.3 Å². The van der Waals surface area contributed by atoms with Crippen molar-refractivity contribution in [3.8, 4) is 17.2 Å². The van der Waals surface area contributed by atoms with Crippen LogP contribution in [0.15, 0.2) is 36.4 Å². The number of rotatable bonds is 7. The number of aromatic nitrogens is 2. The minimum Gasteiger partial charge on any atom is -0.497 e. The van der Waals surface area contributed by atoms with Crippen molar-refractivity contribution >= 4 is 41.4 Å². The molecule has 0 aliphatic carbocycles. The first-order chi connectivity index (χ1) is 16.2. The molecule has 0 bridgehead atoms. The Bertz CT molecular complexity index is 1140. The van der Waals surface area contributed by atoms with E-state index >= 15 is 0 Å². The lowest BCUT2D eigenvalue weighted by molar-refractivity contribution is 0.173. The quantitative estimate of drug-likeness (QED) is 0.450. The van der Waals surface area contributed by atoms with Crippen molar-refractivity contribution in [3.05, 3.63) is 47.7 Å². The lowest BCUT2D eigenvalue weighted by Crippen LogP contribution is -2.43. The maximum Gasteiger partial charge on any atom is 0.231 e. The van der Waals surface area contributed by atoms with E-state index in [2.05, 4.69) is 39.2 Å². The van der Waals surface area contributed by atoms with Gasteiger partial charge >= 0.3 is 0 Å². The molecule has 1 fully saturated rings. The molecule has 35 heavy (non-hydrogen) atoms. The van der Waals surface area contributed by atoms with Crippen LogP contribution >= 0.6 is 24.8 Å². The van der Waals surface area contributed by atoms with E-state index in [4.69, 9.17) is 18.9 Å². The SMILES string of the molecule is COCc1nnc(N(C)C2CCN(Cc3ccc4c(c3)OCO4)CC2)c2cc(OC)ccc12.Cl.Cl. The summed E-state index contributed by atoms with van der Waals surface area (Å²) in [5, 5.41) is 11.2. The van der Waals surface area contributed by atoms with Crippen LogP contribution in [0.5, 0.6) is 17.2 Å². The van der Waals surface area contributed by atoms with Gasteiger partial charge in [-0.15, -0.1) is 29.9 Å². The summed E-state index contributed by atoms with van der Waals surface area (Å²) in [4.78, 5) is 4.78. The Morgan fingerprint density at radius 2 is 1.74 bits per heavy atom. The second-order valence-electron chi connectivity index (χ2n) is 8.62. The zero-order valence-electron chi connectivity index (χ0n) is 20.2. The van der Waals surface area contributed by atoms with Gasteiger partial charge in [-0.2, -0.15) is 5.10 Å². The molecule has 0 saturated carbocycles. The van der Waals surface area contributed by atoms with Gasteiger partial charge in [0.25, 0.3) is 0 Å². The number of hydrogen-bond donors (Lipinski definition) is 0. The fourth-order valence-electron chi connectivity index (χ4n) is 4.74. The fourth-order valence-corrected chi connectivity index (χ4v) is 4.74. The number of nitrogens with zero attached hydrogens (tertiary/aromatic N) is 4. The zero-order valence-corrected chi connectivity index (χ0v) is 21.9. The van der Waals surface area contributed by atoms with Gasteiger partial charge in [0.2, 0.25) is 6.79 Å². The van der Waals surface area contributed by atoms with Crippen LogP contribution in [-0.2, 0) is 17.9 Å². The van der Waals surface area contributed by atoms with Gasteiger partial charge in [-0.05, 0) is 48.7 Å². The summed E-state index contributed by atoms with van der Waals surface area (Å²) in [6.45, 7) is 3.71. The van der Waals surface area contributed by atoms with E-state index in [-0.39, 0.29) is 24.8 Å². The Labute approximate surface area is 218 Å². The largest absolute Gasteiger partial charge is 0.497 e. The highest BCUT2D eigenvalue weighted by atomic mass is 35.5. The van der Waals surface area contributed by atoms with E-state index in [0.29, 0.717) is 19.4 Å². The smallest absolute Gasteiger partial charge is 0.231 e. The maximum atomic E-state index is 5.52. The molecule has 1 aromatic heterocycles. The summed E-state index contributed by atoms with van der Waals surface area (Å²) in [6, 6.07) is 12.7. The van der Waals surface area contributed by atoms with Crippen molar-refractivity contribution < 1.29 is 18.9 Å². The van der Waals surface area contributed by atoms with E-state index in [9.17, 15) is 0 Å². The second kappa shape index (κ2) is 11.9. The predicted octanol–water partition coefficient (Wildman–Crippen LogP) is 4.46. The molecule has 3 heterocycles. The highest BCUT2D eigenvalue weighted by Gasteiger charge is 2.26. The first-order valence-corrected chi connectivity index (χ1v) is 11.3. The van der Waals surface area contributed by atoms with E-state index in [1.165, 1.54) is 5.56 Å². The van der Waals surface area contributed by atoms with Gasteiger partial charge in [-0.25, -0.2) is 0 Å². The molecule has 5 rings (SSSR count). The van der Waals surface area contributed by atoms with Gasteiger partial charge in [-0.3, -0.25) is 4.90 Å². The van der Waals surface area contributed by atoms with Crippen LogP contribution in [0.2, 0.25) is 0 Å². The number of ether oxygens (including phenoxy) is 4. The molecule has 0 unspecified atom stereocenters. The summed E-state index contributed by atoms with van der Waals surface area (Å²) >= 11 is 0. The van der Waals surface area contributed by atoms with E-state index in [1.807, 2.05) is 24.3 Å². The Morgan fingerprint density at radius 3 is 2.49 bits per heavy atom. The van der Waals surface area contributed by atoms with E-state index in [1.54, 1.807) is 14.2 Å². The summed E-state index contributed by atoms with van der Waals surface area (Å²) in [5.74, 6) is 3.38. The lowest BCUT2D eigenvalue weighted by atomic mass is 10.0. The molecule has 3 aromatic rings. The van der Waals surface area contributed by atoms with Gasteiger partial charge in [-0.1, -0.05) is 6.07 Å². The normalized spacial score (nSPS) is 15.4. The van der Waals surface area contributed by atoms with Gasteiger partial charge < -0.3 is 23.8 Å². The fraction of sp³-hybridized carbons (Fsp3) is 0.440. The van der Waals surface area contributed by atoms with E-state index < -0.39 is 0 Å². The number of likely N-dealkylation sites (tertiary alicyclic amines) is 1. The number of fused-ring (bicyclic) bond motifs is 2. The zero-order chi connectivity index (χ0) is 22.8. The lowest BCUT2D eigenvalue weighted by Gasteiger charge is -2.37. The van der Waals surface area contributed by atoms with Gasteiger partial charge in [0.05, 0.1) is 19.4 Å². The standard InChI is InChI=1S/C25H30N4O4.2ClH/c1-28(25-21-13-19(31-3)5-6-20(21)22(15-30-2)26-27-25)18-8-10-29(11-9-18)14-17-4-7-23-24(12-17)33-16-32-23;;/h4-7,12-13,18H,8-11,14-16H2,1-3H3;2*1H. The molecule has 2 aliphatic heterocycles.